The van der Waals surface area contributed by atoms with Gasteiger partial charge in [-0.3, -0.25) is 4.79 Å². The van der Waals surface area contributed by atoms with Crippen molar-refractivity contribution in [1.29, 1.82) is 0 Å². The van der Waals surface area contributed by atoms with Crippen LogP contribution in [0.3, 0.4) is 0 Å². The predicted molar refractivity (Wildman–Crippen MR) is 74.1 cm³/mol. The number of anilines is 1. The second kappa shape index (κ2) is 5.97. The minimum absolute atomic E-state index is 0.131. The van der Waals surface area contributed by atoms with Crippen molar-refractivity contribution in [1.82, 2.24) is 15.1 Å². The summed E-state index contributed by atoms with van der Waals surface area (Å²) in [6, 6.07) is 3.92. The van der Waals surface area contributed by atoms with Gasteiger partial charge in [0.25, 0.3) is 5.91 Å². The molecule has 6 nitrogen and oxygen atoms in total. The lowest BCUT2D eigenvalue weighted by molar-refractivity contribution is 0.0821. The second-order valence-electron chi connectivity index (χ2n) is 5.06. The SMILES string of the molecule is CN(C)C(=O)c1ccc(N2CCCCC2CN)nn1. The summed E-state index contributed by atoms with van der Waals surface area (Å²) in [4.78, 5) is 15.4. The minimum atomic E-state index is -0.131. The molecule has 1 unspecified atom stereocenters. The number of amides is 1. The van der Waals surface area contributed by atoms with Gasteiger partial charge in [-0.2, -0.15) is 0 Å². The number of aromatic nitrogens is 2. The maximum Gasteiger partial charge on any atom is 0.273 e. The largest absolute Gasteiger partial charge is 0.351 e. The van der Waals surface area contributed by atoms with E-state index in [2.05, 4.69) is 15.1 Å². The first-order chi connectivity index (χ1) is 9.13. The molecule has 104 valence electrons. The van der Waals surface area contributed by atoms with Crippen LogP contribution in [0.5, 0.6) is 0 Å². The lowest BCUT2D eigenvalue weighted by Gasteiger charge is -2.35. The molecule has 0 saturated carbocycles. The summed E-state index contributed by atoms with van der Waals surface area (Å²) in [7, 11) is 3.40. The van der Waals surface area contributed by atoms with Gasteiger partial charge in [0, 0.05) is 33.2 Å². The molecule has 0 radical (unpaired) electrons. The van der Waals surface area contributed by atoms with E-state index in [1.165, 1.54) is 11.3 Å². The van der Waals surface area contributed by atoms with E-state index in [4.69, 9.17) is 5.73 Å². The maximum atomic E-state index is 11.7. The van der Waals surface area contributed by atoms with E-state index in [1.54, 1.807) is 20.2 Å². The molecule has 19 heavy (non-hydrogen) atoms. The van der Waals surface area contributed by atoms with Gasteiger partial charge in [-0.05, 0) is 31.4 Å². The van der Waals surface area contributed by atoms with Crippen molar-refractivity contribution in [2.45, 2.75) is 25.3 Å². The number of carbonyl (C=O) groups excluding carboxylic acids is 1. The number of piperidine rings is 1. The summed E-state index contributed by atoms with van der Waals surface area (Å²) in [6.07, 6.45) is 3.45. The van der Waals surface area contributed by atoms with Crippen molar-refractivity contribution in [2.24, 2.45) is 5.73 Å². The van der Waals surface area contributed by atoms with E-state index in [0.29, 0.717) is 18.3 Å². The number of hydrogen-bond donors (Lipinski definition) is 1. The van der Waals surface area contributed by atoms with Gasteiger partial charge in [-0.15, -0.1) is 10.2 Å². The molecule has 0 aliphatic carbocycles. The molecule has 6 heteroatoms. The summed E-state index contributed by atoms with van der Waals surface area (Å²) in [5.74, 6) is 0.679. The van der Waals surface area contributed by atoms with Gasteiger partial charge in [-0.25, -0.2) is 0 Å². The molecule has 1 saturated heterocycles. The Morgan fingerprint density at radius 3 is 2.79 bits per heavy atom. The fourth-order valence-electron chi connectivity index (χ4n) is 2.37. The van der Waals surface area contributed by atoms with Crippen LogP contribution in [0, 0.1) is 0 Å². The van der Waals surface area contributed by atoms with Crippen molar-refractivity contribution in [3.8, 4) is 0 Å². The van der Waals surface area contributed by atoms with Crippen molar-refractivity contribution >= 4 is 11.7 Å². The first kappa shape index (κ1) is 13.7. The quantitative estimate of drug-likeness (QED) is 0.859. The molecule has 0 bridgehead atoms. The average Bonchev–Trinajstić information content (AvgIpc) is 2.46. The second-order valence-corrected chi connectivity index (χ2v) is 5.06. The predicted octanol–water partition coefficient (Wildman–Crippen LogP) is 0.496. The normalized spacial score (nSPS) is 19.3. The summed E-state index contributed by atoms with van der Waals surface area (Å²) < 4.78 is 0. The van der Waals surface area contributed by atoms with Gasteiger partial charge in [0.15, 0.2) is 11.5 Å². The van der Waals surface area contributed by atoms with E-state index in [9.17, 15) is 4.79 Å². The Morgan fingerprint density at radius 2 is 2.21 bits per heavy atom. The van der Waals surface area contributed by atoms with Gasteiger partial charge in [0.1, 0.15) is 0 Å². The van der Waals surface area contributed by atoms with Crippen molar-refractivity contribution in [3.63, 3.8) is 0 Å². The van der Waals surface area contributed by atoms with Crippen molar-refractivity contribution in [3.05, 3.63) is 17.8 Å². The van der Waals surface area contributed by atoms with Crippen LogP contribution in [-0.4, -0.2) is 54.2 Å². The molecule has 0 spiro atoms. The smallest absolute Gasteiger partial charge is 0.273 e. The van der Waals surface area contributed by atoms with Gasteiger partial charge in [0.2, 0.25) is 0 Å². The standard InChI is InChI=1S/C13H21N5O/c1-17(2)13(19)11-6-7-12(16-15-11)18-8-4-3-5-10(18)9-14/h6-7,10H,3-5,8-9,14H2,1-2H3. The third-order valence-electron chi connectivity index (χ3n) is 3.47. The maximum absolute atomic E-state index is 11.7. The fraction of sp³-hybridized carbons (Fsp3) is 0.615. The van der Waals surface area contributed by atoms with Crippen LogP contribution >= 0.6 is 0 Å². The molecule has 1 atom stereocenters. The highest BCUT2D eigenvalue weighted by Gasteiger charge is 2.23. The van der Waals surface area contributed by atoms with Crippen LogP contribution in [0.1, 0.15) is 29.8 Å². The van der Waals surface area contributed by atoms with Crippen LogP contribution in [-0.2, 0) is 0 Å². The summed E-state index contributed by atoms with van der Waals surface area (Å²) in [5.41, 5.74) is 6.17. The lowest BCUT2D eigenvalue weighted by atomic mass is 10.0. The monoisotopic (exact) mass is 263 g/mol. The molecule has 1 aromatic heterocycles. The van der Waals surface area contributed by atoms with Crippen LogP contribution < -0.4 is 10.6 Å². The molecule has 1 aromatic rings. The highest BCUT2D eigenvalue weighted by molar-refractivity contribution is 5.91. The van der Waals surface area contributed by atoms with E-state index >= 15 is 0 Å². The molecule has 2 N–H and O–H groups in total. The Labute approximate surface area is 113 Å². The van der Waals surface area contributed by atoms with Crippen LogP contribution in [0.4, 0.5) is 5.82 Å². The van der Waals surface area contributed by atoms with E-state index in [-0.39, 0.29) is 5.91 Å². The Hall–Kier alpha value is -1.69. The molecule has 1 fully saturated rings. The third-order valence-corrected chi connectivity index (χ3v) is 3.47. The molecular weight excluding hydrogens is 242 g/mol. The van der Waals surface area contributed by atoms with Gasteiger partial charge >= 0.3 is 0 Å². The summed E-state index contributed by atoms with van der Waals surface area (Å²) in [6.45, 7) is 1.58. The van der Waals surface area contributed by atoms with Crippen molar-refractivity contribution in [2.75, 3.05) is 32.1 Å². The first-order valence-corrected chi connectivity index (χ1v) is 6.65. The van der Waals surface area contributed by atoms with E-state index in [1.807, 2.05) is 6.07 Å². The molecular formula is C13H21N5O. The van der Waals surface area contributed by atoms with E-state index < -0.39 is 0 Å². The molecule has 1 aliphatic heterocycles. The van der Waals surface area contributed by atoms with Gasteiger partial charge in [-0.1, -0.05) is 0 Å². The number of hydrogen-bond acceptors (Lipinski definition) is 5. The molecule has 1 aliphatic rings. The summed E-state index contributed by atoms with van der Waals surface area (Å²) >= 11 is 0. The van der Waals surface area contributed by atoms with Gasteiger partial charge in [0.05, 0.1) is 0 Å². The number of rotatable bonds is 3. The Balaban J connectivity index is 2.15. The zero-order valence-corrected chi connectivity index (χ0v) is 11.5. The third kappa shape index (κ3) is 3.01. The number of nitrogens with zero attached hydrogens (tertiary/aromatic N) is 4. The fourth-order valence-corrected chi connectivity index (χ4v) is 2.37. The highest BCUT2D eigenvalue weighted by atomic mass is 16.2. The molecule has 0 aromatic carbocycles. The average molecular weight is 263 g/mol. The topological polar surface area (TPSA) is 75.4 Å². The Kier molecular flexibility index (Phi) is 4.31. The molecule has 2 heterocycles. The van der Waals surface area contributed by atoms with E-state index in [0.717, 1.165) is 25.2 Å². The molecule has 1 amide bonds. The van der Waals surface area contributed by atoms with Crippen LogP contribution in [0.2, 0.25) is 0 Å². The first-order valence-electron chi connectivity index (χ1n) is 6.65. The summed E-state index contributed by atoms with van der Waals surface area (Å²) in [5, 5.41) is 8.20. The zero-order valence-electron chi connectivity index (χ0n) is 11.5. The van der Waals surface area contributed by atoms with Crippen LogP contribution in [0.15, 0.2) is 12.1 Å². The Morgan fingerprint density at radius 1 is 1.42 bits per heavy atom. The van der Waals surface area contributed by atoms with Gasteiger partial charge < -0.3 is 15.5 Å². The Bertz CT molecular complexity index is 431. The molecule has 2 rings (SSSR count). The zero-order chi connectivity index (χ0) is 13.8. The number of nitrogens with two attached hydrogens (primary N) is 1. The van der Waals surface area contributed by atoms with Crippen molar-refractivity contribution < 1.29 is 4.79 Å². The highest BCUT2D eigenvalue weighted by Crippen LogP contribution is 2.22. The lowest BCUT2D eigenvalue weighted by Crippen LogP contribution is -2.44. The number of carbonyl (C=O) groups is 1. The minimum Gasteiger partial charge on any atom is -0.351 e. The van der Waals surface area contributed by atoms with Crippen LogP contribution in [0.25, 0.3) is 0 Å².